The molecule has 0 aliphatic heterocycles. The summed E-state index contributed by atoms with van der Waals surface area (Å²) in [5, 5.41) is 0. The van der Waals surface area contributed by atoms with E-state index in [1.54, 1.807) is 0 Å². The average Bonchev–Trinajstić information content (AvgIpc) is 4.24. The Labute approximate surface area is 441 Å². The molecule has 6 saturated carbocycles. The second-order valence-corrected chi connectivity index (χ2v) is 24.5. The minimum atomic E-state index is 0. The van der Waals surface area contributed by atoms with Gasteiger partial charge in [-0.2, -0.15) is 0 Å². The van der Waals surface area contributed by atoms with E-state index in [1.165, 1.54) is 135 Å². The molecule has 0 radical (unpaired) electrons. The Morgan fingerprint density at radius 2 is 0.282 bits per heavy atom. The Kier molecular flexibility index (Phi) is 26.1. The lowest BCUT2D eigenvalue weighted by Gasteiger charge is -2.13. The highest BCUT2D eigenvalue weighted by atomic mass is 14.4. The van der Waals surface area contributed by atoms with Gasteiger partial charge in [-0.1, -0.05) is 260 Å². The zero-order valence-corrected chi connectivity index (χ0v) is 45.1. The summed E-state index contributed by atoms with van der Waals surface area (Å²) in [4.78, 5) is 0. The van der Waals surface area contributed by atoms with E-state index in [-0.39, 0.29) is 14.9 Å². The molecule has 0 aromatic rings. The first-order chi connectivity index (χ1) is 33.9. The van der Waals surface area contributed by atoms with E-state index in [9.17, 15) is 0 Å². The third kappa shape index (κ3) is 17.8. The van der Waals surface area contributed by atoms with Gasteiger partial charge in [0, 0.05) is 0 Å². The van der Waals surface area contributed by atoms with Crippen molar-refractivity contribution < 1.29 is 0 Å². The molecule has 12 unspecified atom stereocenters. The summed E-state index contributed by atoms with van der Waals surface area (Å²) in [7, 11) is 0. The second-order valence-electron chi connectivity index (χ2n) is 24.5. The Morgan fingerprint density at radius 3 is 0.366 bits per heavy atom. The molecule has 0 saturated heterocycles. The molecule has 0 aromatic heterocycles. The van der Waals surface area contributed by atoms with Crippen molar-refractivity contribution in [3.05, 3.63) is 146 Å². The fourth-order valence-corrected chi connectivity index (χ4v) is 15.3. The maximum atomic E-state index is 2.45. The van der Waals surface area contributed by atoms with Gasteiger partial charge in [0.15, 0.2) is 0 Å². The highest BCUT2D eigenvalue weighted by Crippen LogP contribution is 2.49. The first-order valence-corrected chi connectivity index (χ1v) is 30.0. The number of hydrogen-bond donors (Lipinski definition) is 0. The standard InChI is InChI=1S/3C20H26.3C3H8.2CH4/c3*1-2-6-18-12-15(11-17(18)5-1)9-10-16-13-19-7-3-4-8-20(19)14-16;3*1-3-2;;/h3*1-8,15-20H,9-14H2;3*3H2,1-2H3;2*1H4. The van der Waals surface area contributed by atoms with Gasteiger partial charge in [-0.3, -0.25) is 0 Å². The van der Waals surface area contributed by atoms with Crippen molar-refractivity contribution in [3.63, 3.8) is 0 Å². The van der Waals surface area contributed by atoms with Crippen molar-refractivity contribution in [2.45, 2.75) is 191 Å². The third-order valence-electron chi connectivity index (χ3n) is 18.5. The zero-order chi connectivity index (χ0) is 48.2. The monoisotopic (exact) mass is 963 g/mol. The molecule has 0 spiro atoms. The fraction of sp³-hybridized carbons (Fsp3) is 0.662. The quantitative estimate of drug-likeness (QED) is 0.216. The van der Waals surface area contributed by atoms with E-state index in [1.807, 2.05) is 0 Å². The normalized spacial score (nSPS) is 38.6. The van der Waals surface area contributed by atoms with Gasteiger partial charge in [0.05, 0.1) is 0 Å². The molecule has 12 aliphatic rings. The zero-order valence-electron chi connectivity index (χ0n) is 45.1. The van der Waals surface area contributed by atoms with E-state index in [2.05, 4.69) is 187 Å². The summed E-state index contributed by atoms with van der Waals surface area (Å²) >= 11 is 0. The van der Waals surface area contributed by atoms with Crippen molar-refractivity contribution in [1.82, 2.24) is 0 Å². The first-order valence-electron chi connectivity index (χ1n) is 30.0. The van der Waals surface area contributed by atoms with Gasteiger partial charge in [-0.15, -0.1) is 0 Å². The maximum absolute atomic E-state index is 2.45. The maximum Gasteiger partial charge on any atom is -0.0165 e. The number of hydrogen-bond acceptors (Lipinski definition) is 0. The highest BCUT2D eigenvalue weighted by molar-refractivity contribution is 5.21. The van der Waals surface area contributed by atoms with Crippen molar-refractivity contribution in [2.75, 3.05) is 0 Å². The van der Waals surface area contributed by atoms with Crippen molar-refractivity contribution >= 4 is 0 Å². The summed E-state index contributed by atoms with van der Waals surface area (Å²) in [6.45, 7) is 12.8. The van der Waals surface area contributed by atoms with Crippen LogP contribution in [0.2, 0.25) is 0 Å². The van der Waals surface area contributed by atoms with E-state index in [4.69, 9.17) is 0 Å². The molecular formula is C71H110. The lowest BCUT2D eigenvalue weighted by molar-refractivity contribution is 0.390. The van der Waals surface area contributed by atoms with Gasteiger partial charge >= 0.3 is 0 Å². The van der Waals surface area contributed by atoms with E-state index >= 15 is 0 Å². The molecule has 0 aromatic carbocycles. The van der Waals surface area contributed by atoms with Crippen LogP contribution in [0.25, 0.3) is 0 Å². The molecule has 0 heteroatoms. The number of allylic oxidation sites excluding steroid dienone is 24. The molecule has 71 heavy (non-hydrogen) atoms. The Morgan fingerprint density at radius 1 is 0.197 bits per heavy atom. The van der Waals surface area contributed by atoms with E-state index < -0.39 is 0 Å². The van der Waals surface area contributed by atoms with Crippen LogP contribution in [0.5, 0.6) is 0 Å². The summed E-state index contributed by atoms with van der Waals surface area (Å²) in [5.41, 5.74) is 0. The number of rotatable bonds is 9. The molecule has 6 fully saturated rings. The lowest BCUT2D eigenvalue weighted by Crippen LogP contribution is -2.03. The van der Waals surface area contributed by atoms with Crippen LogP contribution in [0.1, 0.15) is 191 Å². The summed E-state index contributed by atoms with van der Waals surface area (Å²) < 4.78 is 0. The van der Waals surface area contributed by atoms with Crippen LogP contribution in [-0.4, -0.2) is 0 Å². The van der Waals surface area contributed by atoms with Gasteiger partial charge in [0.25, 0.3) is 0 Å². The molecule has 0 heterocycles. The Balaban J connectivity index is 0.000000180. The summed E-state index contributed by atoms with van der Waals surface area (Å²) in [6, 6.07) is 0. The van der Waals surface area contributed by atoms with E-state index in [0.29, 0.717) is 0 Å². The van der Waals surface area contributed by atoms with Gasteiger partial charge in [0.2, 0.25) is 0 Å². The number of fused-ring (bicyclic) bond motifs is 6. The molecule has 12 aliphatic carbocycles. The van der Waals surface area contributed by atoms with Crippen molar-refractivity contribution in [3.8, 4) is 0 Å². The van der Waals surface area contributed by atoms with Crippen molar-refractivity contribution in [2.24, 2.45) is 107 Å². The molecule has 0 amide bonds. The molecule has 394 valence electrons. The van der Waals surface area contributed by atoms with Crippen LogP contribution >= 0.6 is 0 Å². The Hall–Kier alpha value is -3.12. The molecular weight excluding hydrogens is 853 g/mol. The summed E-state index contributed by atoms with van der Waals surface area (Å²) in [5.74, 6) is 16.3. The lowest BCUT2D eigenvalue weighted by atomic mass is 9.92. The molecule has 12 rings (SSSR count). The smallest absolute Gasteiger partial charge is 0.0165 e. The van der Waals surface area contributed by atoms with Gasteiger partial charge in [0.1, 0.15) is 0 Å². The Bertz CT molecular complexity index is 1400. The molecule has 0 N–H and O–H groups in total. The van der Waals surface area contributed by atoms with Crippen LogP contribution in [0.15, 0.2) is 146 Å². The van der Waals surface area contributed by atoms with Crippen molar-refractivity contribution in [1.29, 1.82) is 0 Å². The molecule has 0 bridgehead atoms. The SMILES string of the molecule is C.C.C1=CC2CC(CCC3CC4C=CC=CC4C3)CC2C=C1.C1=CC2CC(CCC3CC4C=CC=CC4C3)CC2C=C1.C1=CC2CC(CCC3CC4C=CC=CC4C3)CC2C=C1.CCC.CCC.CCC. The molecule has 12 atom stereocenters. The van der Waals surface area contributed by atoms with Crippen LogP contribution in [-0.2, 0) is 0 Å². The minimum absolute atomic E-state index is 0. The second kappa shape index (κ2) is 31.6. The average molecular weight is 964 g/mol. The van der Waals surface area contributed by atoms with E-state index in [0.717, 1.165) is 107 Å². The predicted molar refractivity (Wildman–Crippen MR) is 317 cm³/mol. The van der Waals surface area contributed by atoms with Gasteiger partial charge < -0.3 is 0 Å². The van der Waals surface area contributed by atoms with Gasteiger partial charge in [-0.05, 0) is 184 Å². The minimum Gasteiger partial charge on any atom is -0.0808 e. The third-order valence-corrected chi connectivity index (χ3v) is 18.5. The van der Waals surface area contributed by atoms with Crippen LogP contribution in [0.3, 0.4) is 0 Å². The summed E-state index contributed by atoms with van der Waals surface area (Å²) in [6.07, 6.45) is 86.4. The van der Waals surface area contributed by atoms with Crippen LogP contribution in [0.4, 0.5) is 0 Å². The topological polar surface area (TPSA) is 0 Å². The fourth-order valence-electron chi connectivity index (χ4n) is 15.3. The predicted octanol–water partition coefficient (Wildman–Crippen LogP) is 21.4. The highest BCUT2D eigenvalue weighted by Gasteiger charge is 2.38. The van der Waals surface area contributed by atoms with Crippen LogP contribution < -0.4 is 0 Å². The largest absolute Gasteiger partial charge is 0.0808 e. The van der Waals surface area contributed by atoms with Gasteiger partial charge in [-0.25, -0.2) is 0 Å². The van der Waals surface area contributed by atoms with Crippen LogP contribution in [0, 0.1) is 107 Å². The molecule has 0 nitrogen and oxygen atoms in total. The first kappa shape index (κ1) is 58.8.